The number of nitrogens with one attached hydrogen (secondary N) is 2. The first-order valence-electron chi connectivity index (χ1n) is 9.16. The first kappa shape index (κ1) is 20.2. The van der Waals surface area contributed by atoms with Crippen LogP contribution in [0, 0.1) is 5.92 Å². The third-order valence-corrected chi connectivity index (χ3v) is 4.94. The Balaban J connectivity index is 1.75. The molecule has 0 aliphatic rings. The van der Waals surface area contributed by atoms with Gasteiger partial charge in [-0.3, -0.25) is 0 Å². The molecular weight excluding hydrogens is 422 g/mol. The van der Waals surface area contributed by atoms with Gasteiger partial charge in [0.25, 0.3) is 0 Å². The largest absolute Gasteiger partial charge is 0.495 e. The molecule has 0 radical (unpaired) electrons. The first-order chi connectivity index (χ1) is 13.5. The number of methoxy groups -OCH3 is 1. The minimum absolute atomic E-state index is 0.228. The van der Waals surface area contributed by atoms with Gasteiger partial charge >= 0.3 is 6.09 Å². The Labute approximate surface area is 172 Å². The van der Waals surface area contributed by atoms with E-state index in [9.17, 15) is 4.79 Å². The third-order valence-electron chi connectivity index (χ3n) is 4.32. The topological polar surface area (TPSA) is 76.2 Å². The summed E-state index contributed by atoms with van der Waals surface area (Å²) >= 11 is 3.48. The average Bonchev–Trinajstić information content (AvgIpc) is 3.08. The second-order valence-electron chi connectivity index (χ2n) is 7.01. The van der Waals surface area contributed by atoms with Gasteiger partial charge in [0, 0.05) is 6.07 Å². The van der Waals surface area contributed by atoms with Gasteiger partial charge in [-0.2, -0.15) is 0 Å². The van der Waals surface area contributed by atoms with E-state index < -0.39 is 6.09 Å². The standard InChI is InChI=1S/C21H24BrN3O3/c1-13(2)9-18(25-21(26)28-12-14-7-5-4-6-8-14)20-23-16-10-15(22)19(27-3)11-17(16)24-20/h4-8,10-11,13,18H,9,12H2,1-3H3,(H,23,24)(H,25,26)/t18-/m1/s1. The highest BCUT2D eigenvalue weighted by atomic mass is 79.9. The predicted octanol–water partition coefficient (Wildman–Crippen LogP) is 5.35. The van der Waals surface area contributed by atoms with Crippen LogP contribution in [-0.2, 0) is 11.3 Å². The molecule has 1 amide bonds. The molecule has 1 atom stereocenters. The number of alkyl carbamates (subject to hydrolysis) is 1. The van der Waals surface area contributed by atoms with Crippen molar-refractivity contribution < 1.29 is 14.3 Å². The molecule has 148 valence electrons. The summed E-state index contributed by atoms with van der Waals surface area (Å²) in [6.45, 7) is 4.43. The van der Waals surface area contributed by atoms with Crippen LogP contribution in [0.3, 0.4) is 0 Å². The van der Waals surface area contributed by atoms with Crippen LogP contribution in [0.15, 0.2) is 46.9 Å². The smallest absolute Gasteiger partial charge is 0.408 e. The van der Waals surface area contributed by atoms with E-state index in [0.29, 0.717) is 17.5 Å². The SMILES string of the molecule is COc1cc2nc([C@@H](CC(C)C)NC(=O)OCc3ccccc3)[nH]c2cc1Br. The van der Waals surface area contributed by atoms with E-state index in [1.165, 1.54) is 0 Å². The van der Waals surface area contributed by atoms with Crippen molar-refractivity contribution in [3.8, 4) is 5.75 Å². The molecule has 0 aliphatic carbocycles. The van der Waals surface area contributed by atoms with E-state index in [2.05, 4.69) is 45.1 Å². The van der Waals surface area contributed by atoms with Gasteiger partial charge in [-0.25, -0.2) is 9.78 Å². The van der Waals surface area contributed by atoms with Crippen molar-refractivity contribution in [1.29, 1.82) is 0 Å². The molecule has 2 N–H and O–H groups in total. The Bertz CT molecular complexity index is 941. The van der Waals surface area contributed by atoms with Crippen molar-refractivity contribution in [2.45, 2.75) is 32.9 Å². The van der Waals surface area contributed by atoms with Gasteiger partial charge in [-0.15, -0.1) is 0 Å². The molecular formula is C21H24BrN3O3. The fraction of sp³-hybridized carbons (Fsp3) is 0.333. The zero-order valence-electron chi connectivity index (χ0n) is 16.2. The van der Waals surface area contributed by atoms with Crippen LogP contribution in [0.1, 0.15) is 37.7 Å². The van der Waals surface area contributed by atoms with E-state index in [1.54, 1.807) is 7.11 Å². The molecule has 3 aromatic rings. The summed E-state index contributed by atoms with van der Waals surface area (Å²) in [6, 6.07) is 13.1. The number of halogens is 1. The van der Waals surface area contributed by atoms with Crippen LogP contribution in [0.4, 0.5) is 4.79 Å². The minimum atomic E-state index is -0.464. The number of carbonyl (C=O) groups is 1. The normalized spacial score (nSPS) is 12.2. The van der Waals surface area contributed by atoms with Gasteiger partial charge in [0.05, 0.1) is 28.7 Å². The summed E-state index contributed by atoms with van der Waals surface area (Å²) in [5.74, 6) is 1.77. The number of H-pyrrole nitrogens is 1. The molecule has 0 fully saturated rings. The van der Waals surface area contributed by atoms with Gasteiger partial charge in [-0.1, -0.05) is 44.2 Å². The van der Waals surface area contributed by atoms with E-state index in [-0.39, 0.29) is 12.6 Å². The Kier molecular flexibility index (Phi) is 6.57. The number of rotatable bonds is 7. The molecule has 28 heavy (non-hydrogen) atoms. The second kappa shape index (κ2) is 9.10. The molecule has 0 bridgehead atoms. The third kappa shape index (κ3) is 5.04. The maximum absolute atomic E-state index is 12.3. The lowest BCUT2D eigenvalue weighted by atomic mass is 10.0. The lowest BCUT2D eigenvalue weighted by molar-refractivity contribution is 0.134. The molecule has 0 unspecified atom stereocenters. The van der Waals surface area contributed by atoms with Crippen molar-refractivity contribution >= 4 is 33.1 Å². The number of hydrogen-bond donors (Lipinski definition) is 2. The molecule has 7 heteroatoms. The first-order valence-corrected chi connectivity index (χ1v) is 9.96. The molecule has 0 saturated heterocycles. The summed E-state index contributed by atoms with van der Waals surface area (Å²) in [4.78, 5) is 20.3. The van der Waals surface area contributed by atoms with E-state index >= 15 is 0 Å². The van der Waals surface area contributed by atoms with Crippen molar-refractivity contribution in [2.75, 3.05) is 7.11 Å². The highest BCUT2D eigenvalue weighted by molar-refractivity contribution is 9.10. The highest BCUT2D eigenvalue weighted by Crippen LogP contribution is 2.30. The molecule has 1 heterocycles. The van der Waals surface area contributed by atoms with E-state index in [1.807, 2.05) is 42.5 Å². The van der Waals surface area contributed by atoms with Gasteiger partial charge in [0.1, 0.15) is 18.2 Å². The number of benzene rings is 2. The molecule has 6 nitrogen and oxygen atoms in total. The van der Waals surface area contributed by atoms with Crippen molar-refractivity contribution in [3.63, 3.8) is 0 Å². The van der Waals surface area contributed by atoms with Crippen LogP contribution in [0.25, 0.3) is 11.0 Å². The van der Waals surface area contributed by atoms with Crippen molar-refractivity contribution in [3.05, 3.63) is 58.3 Å². The van der Waals surface area contributed by atoms with Crippen LogP contribution >= 0.6 is 15.9 Å². The number of ether oxygens (including phenoxy) is 2. The minimum Gasteiger partial charge on any atom is -0.495 e. The van der Waals surface area contributed by atoms with Crippen LogP contribution < -0.4 is 10.1 Å². The van der Waals surface area contributed by atoms with Crippen molar-refractivity contribution in [2.24, 2.45) is 5.92 Å². The van der Waals surface area contributed by atoms with Gasteiger partial charge < -0.3 is 19.8 Å². The Hall–Kier alpha value is -2.54. The molecule has 0 aliphatic heterocycles. The summed E-state index contributed by atoms with van der Waals surface area (Å²) < 4.78 is 11.5. The van der Waals surface area contributed by atoms with Gasteiger partial charge in [-0.05, 0) is 39.9 Å². The number of nitrogens with zero attached hydrogens (tertiary/aromatic N) is 1. The van der Waals surface area contributed by atoms with Crippen LogP contribution in [0.2, 0.25) is 0 Å². The lowest BCUT2D eigenvalue weighted by Crippen LogP contribution is -2.30. The van der Waals surface area contributed by atoms with Gasteiger partial charge in [0.15, 0.2) is 0 Å². The predicted molar refractivity (Wildman–Crippen MR) is 112 cm³/mol. The zero-order chi connectivity index (χ0) is 20.1. The zero-order valence-corrected chi connectivity index (χ0v) is 17.7. The number of amides is 1. The maximum Gasteiger partial charge on any atom is 0.408 e. The molecule has 0 saturated carbocycles. The molecule has 2 aromatic carbocycles. The van der Waals surface area contributed by atoms with Crippen molar-refractivity contribution in [1.82, 2.24) is 15.3 Å². The number of imidazole rings is 1. The summed E-state index contributed by atoms with van der Waals surface area (Å²) in [6.07, 6.45) is 0.271. The number of fused-ring (bicyclic) bond motifs is 1. The number of hydrogen-bond acceptors (Lipinski definition) is 4. The molecule has 3 rings (SSSR count). The summed E-state index contributed by atoms with van der Waals surface area (Å²) in [5, 5.41) is 2.94. The second-order valence-corrected chi connectivity index (χ2v) is 7.87. The summed E-state index contributed by atoms with van der Waals surface area (Å²) in [5.41, 5.74) is 2.60. The number of aromatic nitrogens is 2. The van der Waals surface area contributed by atoms with Gasteiger partial charge in [0.2, 0.25) is 0 Å². The highest BCUT2D eigenvalue weighted by Gasteiger charge is 2.21. The fourth-order valence-electron chi connectivity index (χ4n) is 2.97. The maximum atomic E-state index is 12.3. The lowest BCUT2D eigenvalue weighted by Gasteiger charge is -2.18. The summed E-state index contributed by atoms with van der Waals surface area (Å²) in [7, 11) is 1.62. The fourth-order valence-corrected chi connectivity index (χ4v) is 3.48. The van der Waals surface area contributed by atoms with Crippen LogP contribution in [0.5, 0.6) is 5.75 Å². The van der Waals surface area contributed by atoms with E-state index in [0.717, 1.165) is 27.5 Å². The monoisotopic (exact) mass is 445 g/mol. The van der Waals surface area contributed by atoms with Crippen LogP contribution in [-0.4, -0.2) is 23.2 Å². The number of carbonyl (C=O) groups excluding carboxylic acids is 1. The number of aromatic amines is 1. The average molecular weight is 446 g/mol. The molecule has 1 aromatic heterocycles. The quantitative estimate of drug-likeness (QED) is 0.513. The Morgan fingerprint density at radius 1 is 1.25 bits per heavy atom. The Morgan fingerprint density at radius 3 is 2.68 bits per heavy atom. The Morgan fingerprint density at radius 2 is 2.00 bits per heavy atom. The molecule has 0 spiro atoms. The van der Waals surface area contributed by atoms with E-state index in [4.69, 9.17) is 9.47 Å².